The van der Waals surface area contributed by atoms with Crippen molar-refractivity contribution in [2.75, 3.05) is 12.4 Å². The van der Waals surface area contributed by atoms with E-state index in [9.17, 15) is 0 Å². The van der Waals surface area contributed by atoms with Gasteiger partial charge in [0.25, 0.3) is 0 Å². The van der Waals surface area contributed by atoms with Crippen molar-refractivity contribution in [3.05, 3.63) is 100 Å². The van der Waals surface area contributed by atoms with Crippen LogP contribution in [0.1, 0.15) is 16.7 Å². The Hall–Kier alpha value is -2.98. The van der Waals surface area contributed by atoms with Crippen molar-refractivity contribution >= 4 is 32.4 Å². The molecule has 0 bridgehead atoms. The van der Waals surface area contributed by atoms with Gasteiger partial charge in [0, 0.05) is 27.7 Å². The average Bonchev–Trinajstić information content (AvgIpc) is 2.78. The molecule has 4 aromatic rings. The Bertz CT molecular complexity index is 1170. The van der Waals surface area contributed by atoms with Crippen molar-refractivity contribution in [1.29, 1.82) is 0 Å². The molecule has 0 fully saturated rings. The Labute approximate surface area is 185 Å². The number of hydrogen-bond acceptors (Lipinski definition) is 3. The number of methoxy groups -OCH3 is 1. The number of anilines is 1. The molecule has 152 valence electrons. The summed E-state index contributed by atoms with van der Waals surface area (Å²) >= 11 is 3.70. The second-order valence-electron chi connectivity index (χ2n) is 7.15. The van der Waals surface area contributed by atoms with E-state index in [0.717, 1.165) is 32.8 Å². The summed E-state index contributed by atoms with van der Waals surface area (Å²) < 4.78 is 12.9. The largest absolute Gasteiger partial charge is 0.493 e. The lowest BCUT2D eigenvalue weighted by Crippen LogP contribution is -2.07. The van der Waals surface area contributed by atoms with Crippen LogP contribution < -0.4 is 14.8 Å². The molecule has 1 N–H and O–H groups in total. The second-order valence-corrected chi connectivity index (χ2v) is 8.01. The van der Waals surface area contributed by atoms with Crippen molar-refractivity contribution < 1.29 is 9.47 Å². The molecule has 0 spiro atoms. The Morgan fingerprint density at radius 1 is 0.867 bits per heavy atom. The van der Waals surface area contributed by atoms with E-state index in [0.29, 0.717) is 13.2 Å². The van der Waals surface area contributed by atoms with Gasteiger partial charge < -0.3 is 14.8 Å². The molecule has 0 aromatic heterocycles. The molecule has 0 saturated carbocycles. The Balaban J connectivity index is 1.63. The second kappa shape index (κ2) is 9.23. The van der Waals surface area contributed by atoms with Crippen LogP contribution in [0.2, 0.25) is 0 Å². The van der Waals surface area contributed by atoms with E-state index in [-0.39, 0.29) is 0 Å². The number of halogens is 1. The average molecular weight is 462 g/mol. The van der Waals surface area contributed by atoms with E-state index < -0.39 is 0 Å². The van der Waals surface area contributed by atoms with Gasteiger partial charge in [-0.1, -0.05) is 76.6 Å². The van der Waals surface area contributed by atoms with Crippen molar-refractivity contribution in [3.8, 4) is 11.5 Å². The standard InChI is InChI=1S/C26H24BrNO2/c1-18-8-3-4-10-20(18)17-30-26-22(23(27)14-15-25(26)29-2)16-28-24-13-7-11-19-9-5-6-12-21(19)24/h3-15,28H,16-17H2,1-2H3. The molecule has 3 nitrogen and oxygen atoms in total. The maximum absolute atomic E-state index is 6.29. The van der Waals surface area contributed by atoms with Crippen LogP contribution in [0.4, 0.5) is 5.69 Å². The Morgan fingerprint density at radius 2 is 1.63 bits per heavy atom. The molecule has 0 aliphatic heterocycles. The Kier molecular flexibility index (Phi) is 6.24. The van der Waals surface area contributed by atoms with Gasteiger partial charge in [-0.15, -0.1) is 0 Å². The van der Waals surface area contributed by atoms with Crippen LogP contribution in [0.3, 0.4) is 0 Å². The number of rotatable bonds is 7. The number of aryl methyl sites for hydroxylation is 1. The third-order valence-electron chi connectivity index (χ3n) is 5.27. The third kappa shape index (κ3) is 4.29. The summed E-state index contributed by atoms with van der Waals surface area (Å²) in [6.45, 7) is 3.19. The molecule has 4 aromatic carbocycles. The minimum Gasteiger partial charge on any atom is -0.493 e. The topological polar surface area (TPSA) is 30.5 Å². The third-order valence-corrected chi connectivity index (χ3v) is 6.01. The summed E-state index contributed by atoms with van der Waals surface area (Å²) in [5, 5.41) is 5.99. The van der Waals surface area contributed by atoms with E-state index in [1.54, 1.807) is 7.11 Å². The van der Waals surface area contributed by atoms with Gasteiger partial charge in [0.1, 0.15) is 6.61 Å². The normalized spacial score (nSPS) is 10.8. The zero-order valence-electron chi connectivity index (χ0n) is 17.1. The van der Waals surface area contributed by atoms with E-state index in [1.165, 1.54) is 16.3 Å². The number of benzene rings is 4. The molecule has 4 heteroatoms. The first-order valence-electron chi connectivity index (χ1n) is 9.91. The van der Waals surface area contributed by atoms with Crippen molar-refractivity contribution in [1.82, 2.24) is 0 Å². The summed E-state index contributed by atoms with van der Waals surface area (Å²) in [7, 11) is 1.67. The van der Waals surface area contributed by atoms with Gasteiger partial charge in [-0.2, -0.15) is 0 Å². The van der Waals surface area contributed by atoms with Gasteiger partial charge in [0.2, 0.25) is 0 Å². The number of nitrogens with one attached hydrogen (secondary N) is 1. The first-order valence-corrected chi connectivity index (χ1v) is 10.7. The number of hydrogen-bond donors (Lipinski definition) is 1. The van der Waals surface area contributed by atoms with E-state index in [2.05, 4.69) is 82.8 Å². The lowest BCUT2D eigenvalue weighted by atomic mass is 10.1. The molecule has 0 atom stereocenters. The lowest BCUT2D eigenvalue weighted by Gasteiger charge is -2.18. The molecule has 0 radical (unpaired) electrons. The maximum Gasteiger partial charge on any atom is 0.167 e. The molecule has 0 heterocycles. The van der Waals surface area contributed by atoms with Crippen LogP contribution in [0, 0.1) is 6.92 Å². The predicted octanol–water partition coefficient (Wildman–Crippen LogP) is 7.11. The molecule has 0 unspecified atom stereocenters. The SMILES string of the molecule is COc1ccc(Br)c(CNc2cccc3ccccc23)c1OCc1ccccc1C. The molecule has 4 rings (SSSR count). The first-order chi connectivity index (χ1) is 14.7. The van der Waals surface area contributed by atoms with Crippen LogP contribution in [0.15, 0.2) is 83.3 Å². The van der Waals surface area contributed by atoms with Gasteiger partial charge in [-0.3, -0.25) is 0 Å². The minimum absolute atomic E-state index is 0.487. The first kappa shape index (κ1) is 20.3. The fraction of sp³-hybridized carbons (Fsp3) is 0.154. The Morgan fingerprint density at radius 3 is 2.47 bits per heavy atom. The molecular weight excluding hydrogens is 438 g/mol. The monoisotopic (exact) mass is 461 g/mol. The van der Waals surface area contributed by atoms with Crippen molar-refractivity contribution in [3.63, 3.8) is 0 Å². The van der Waals surface area contributed by atoms with Gasteiger partial charge >= 0.3 is 0 Å². The number of ether oxygens (including phenoxy) is 2. The summed E-state index contributed by atoms with van der Waals surface area (Å²) in [5.41, 5.74) is 4.48. The number of fused-ring (bicyclic) bond motifs is 1. The summed E-state index contributed by atoms with van der Waals surface area (Å²) in [6, 6.07) is 26.9. The zero-order valence-corrected chi connectivity index (χ0v) is 18.7. The fourth-order valence-corrected chi connectivity index (χ4v) is 4.00. The van der Waals surface area contributed by atoms with Gasteiger partial charge in [0.15, 0.2) is 11.5 Å². The highest BCUT2D eigenvalue weighted by Crippen LogP contribution is 2.38. The molecule has 30 heavy (non-hydrogen) atoms. The zero-order chi connectivity index (χ0) is 20.9. The van der Waals surface area contributed by atoms with E-state index in [1.807, 2.05) is 24.3 Å². The van der Waals surface area contributed by atoms with Crippen LogP contribution in [0.25, 0.3) is 10.8 Å². The molecular formula is C26H24BrNO2. The molecule has 0 aliphatic carbocycles. The minimum atomic E-state index is 0.487. The fourth-order valence-electron chi connectivity index (χ4n) is 3.55. The highest BCUT2D eigenvalue weighted by molar-refractivity contribution is 9.10. The molecule has 0 amide bonds. The quantitative estimate of drug-likeness (QED) is 0.318. The van der Waals surface area contributed by atoms with Gasteiger partial charge in [0.05, 0.1) is 7.11 Å². The van der Waals surface area contributed by atoms with Crippen molar-refractivity contribution in [2.45, 2.75) is 20.1 Å². The van der Waals surface area contributed by atoms with Gasteiger partial charge in [-0.05, 0) is 41.6 Å². The molecule has 0 aliphatic rings. The van der Waals surface area contributed by atoms with Crippen LogP contribution in [-0.2, 0) is 13.2 Å². The predicted molar refractivity (Wildman–Crippen MR) is 127 cm³/mol. The van der Waals surface area contributed by atoms with Crippen LogP contribution >= 0.6 is 15.9 Å². The van der Waals surface area contributed by atoms with Crippen LogP contribution in [0.5, 0.6) is 11.5 Å². The van der Waals surface area contributed by atoms with Gasteiger partial charge in [-0.25, -0.2) is 0 Å². The highest BCUT2D eigenvalue weighted by atomic mass is 79.9. The van der Waals surface area contributed by atoms with E-state index >= 15 is 0 Å². The van der Waals surface area contributed by atoms with E-state index in [4.69, 9.17) is 9.47 Å². The summed E-state index contributed by atoms with van der Waals surface area (Å²) in [6.07, 6.45) is 0. The maximum atomic E-state index is 6.29. The summed E-state index contributed by atoms with van der Waals surface area (Å²) in [4.78, 5) is 0. The lowest BCUT2D eigenvalue weighted by molar-refractivity contribution is 0.281. The molecule has 0 saturated heterocycles. The van der Waals surface area contributed by atoms with Crippen molar-refractivity contribution in [2.24, 2.45) is 0 Å². The smallest absolute Gasteiger partial charge is 0.167 e. The highest BCUT2D eigenvalue weighted by Gasteiger charge is 2.15. The van der Waals surface area contributed by atoms with Crippen LogP contribution in [-0.4, -0.2) is 7.11 Å². The summed E-state index contributed by atoms with van der Waals surface area (Å²) in [5.74, 6) is 1.48.